The summed E-state index contributed by atoms with van der Waals surface area (Å²) < 4.78 is 1.41. The highest BCUT2D eigenvalue weighted by atomic mass is 16.1. The van der Waals surface area contributed by atoms with Crippen molar-refractivity contribution < 1.29 is 4.79 Å². The Balaban J connectivity index is 2.53. The SMILES string of the molecule is N#Cc1cc(N)ccc1-n1cc(C(N)=O)cn1. The Kier molecular flexibility index (Phi) is 2.51. The van der Waals surface area contributed by atoms with Crippen LogP contribution < -0.4 is 11.5 Å². The van der Waals surface area contributed by atoms with E-state index in [-0.39, 0.29) is 5.56 Å². The van der Waals surface area contributed by atoms with Crippen LogP contribution in [0.15, 0.2) is 30.6 Å². The third kappa shape index (κ3) is 1.94. The number of carbonyl (C=O) groups excluding carboxylic acids is 1. The average Bonchev–Trinajstić information content (AvgIpc) is 2.78. The van der Waals surface area contributed by atoms with E-state index in [0.717, 1.165) is 0 Å². The van der Waals surface area contributed by atoms with Gasteiger partial charge in [-0.05, 0) is 18.2 Å². The predicted molar refractivity (Wildman–Crippen MR) is 61.2 cm³/mol. The number of rotatable bonds is 2. The molecule has 6 heteroatoms. The second-order valence-corrected chi connectivity index (χ2v) is 3.43. The molecule has 84 valence electrons. The highest BCUT2D eigenvalue weighted by molar-refractivity contribution is 5.92. The maximum absolute atomic E-state index is 10.9. The molecule has 4 N–H and O–H groups in total. The van der Waals surface area contributed by atoms with Crippen LogP contribution in [0.2, 0.25) is 0 Å². The number of amides is 1. The standard InChI is InChI=1S/C11H9N5O/c12-4-7-3-9(13)1-2-10(7)16-6-8(5-15-16)11(14)17/h1-3,5-6H,13H2,(H2,14,17). The number of carbonyl (C=O) groups is 1. The molecule has 17 heavy (non-hydrogen) atoms. The van der Waals surface area contributed by atoms with Crippen molar-refractivity contribution in [3.63, 3.8) is 0 Å². The molecule has 1 aromatic heterocycles. The Morgan fingerprint density at radius 2 is 2.24 bits per heavy atom. The summed E-state index contributed by atoms with van der Waals surface area (Å²) >= 11 is 0. The van der Waals surface area contributed by atoms with Crippen LogP contribution in [0.4, 0.5) is 5.69 Å². The van der Waals surface area contributed by atoms with Gasteiger partial charge in [-0.3, -0.25) is 4.79 Å². The van der Waals surface area contributed by atoms with E-state index in [1.807, 2.05) is 6.07 Å². The topological polar surface area (TPSA) is 111 Å². The quantitative estimate of drug-likeness (QED) is 0.724. The zero-order chi connectivity index (χ0) is 12.4. The second-order valence-electron chi connectivity index (χ2n) is 3.43. The first-order chi connectivity index (χ1) is 8.11. The predicted octanol–water partition coefficient (Wildman–Crippen LogP) is 0.425. The number of nitriles is 1. The fourth-order valence-corrected chi connectivity index (χ4v) is 1.42. The molecule has 6 nitrogen and oxygen atoms in total. The van der Waals surface area contributed by atoms with Crippen molar-refractivity contribution in [1.82, 2.24) is 9.78 Å². The Bertz CT molecular complexity index is 623. The first-order valence-electron chi connectivity index (χ1n) is 4.76. The molecule has 0 saturated heterocycles. The van der Waals surface area contributed by atoms with E-state index in [4.69, 9.17) is 16.7 Å². The van der Waals surface area contributed by atoms with Crippen LogP contribution in [0.5, 0.6) is 0 Å². The summed E-state index contributed by atoms with van der Waals surface area (Å²) in [7, 11) is 0. The summed E-state index contributed by atoms with van der Waals surface area (Å²) in [5.41, 5.74) is 12.4. The van der Waals surface area contributed by atoms with Crippen molar-refractivity contribution in [2.75, 3.05) is 5.73 Å². The summed E-state index contributed by atoms with van der Waals surface area (Å²) in [6.07, 6.45) is 2.81. The van der Waals surface area contributed by atoms with Crippen LogP contribution in [0.3, 0.4) is 0 Å². The van der Waals surface area contributed by atoms with Crippen LogP contribution in [0.25, 0.3) is 5.69 Å². The Morgan fingerprint density at radius 1 is 1.47 bits per heavy atom. The first-order valence-corrected chi connectivity index (χ1v) is 4.76. The molecule has 1 heterocycles. The number of benzene rings is 1. The summed E-state index contributed by atoms with van der Waals surface area (Å²) in [6, 6.07) is 6.87. The minimum atomic E-state index is -0.565. The number of aromatic nitrogens is 2. The molecule has 0 spiro atoms. The third-order valence-electron chi connectivity index (χ3n) is 2.25. The lowest BCUT2D eigenvalue weighted by atomic mass is 10.2. The van der Waals surface area contributed by atoms with Crippen molar-refractivity contribution in [3.8, 4) is 11.8 Å². The van der Waals surface area contributed by atoms with Gasteiger partial charge in [-0.2, -0.15) is 10.4 Å². The smallest absolute Gasteiger partial charge is 0.251 e. The molecule has 1 amide bonds. The van der Waals surface area contributed by atoms with Gasteiger partial charge in [0, 0.05) is 11.9 Å². The van der Waals surface area contributed by atoms with Gasteiger partial charge in [0.1, 0.15) is 6.07 Å². The van der Waals surface area contributed by atoms with Gasteiger partial charge in [0.15, 0.2) is 0 Å². The third-order valence-corrected chi connectivity index (χ3v) is 2.25. The lowest BCUT2D eigenvalue weighted by molar-refractivity contribution is 0.100. The zero-order valence-electron chi connectivity index (χ0n) is 8.79. The van der Waals surface area contributed by atoms with E-state index < -0.39 is 5.91 Å². The minimum Gasteiger partial charge on any atom is -0.399 e. The van der Waals surface area contributed by atoms with Crippen LogP contribution in [0.1, 0.15) is 15.9 Å². The second kappa shape index (κ2) is 3.98. The number of nitrogen functional groups attached to an aromatic ring is 1. The average molecular weight is 227 g/mol. The summed E-state index contributed by atoms with van der Waals surface area (Å²) in [6.45, 7) is 0. The molecule has 0 radical (unpaired) electrons. The highest BCUT2D eigenvalue weighted by Gasteiger charge is 2.09. The Labute approximate surface area is 97.1 Å². The monoisotopic (exact) mass is 227 g/mol. The molecule has 0 aliphatic heterocycles. The van der Waals surface area contributed by atoms with Gasteiger partial charge in [-0.1, -0.05) is 0 Å². The number of nitrogens with zero attached hydrogens (tertiary/aromatic N) is 3. The molecule has 0 bridgehead atoms. The fourth-order valence-electron chi connectivity index (χ4n) is 1.42. The maximum Gasteiger partial charge on any atom is 0.251 e. The van der Waals surface area contributed by atoms with E-state index in [9.17, 15) is 4.79 Å². The molecule has 1 aromatic carbocycles. The lowest BCUT2D eigenvalue weighted by Crippen LogP contribution is -2.09. The van der Waals surface area contributed by atoms with Crippen molar-refractivity contribution in [1.29, 1.82) is 5.26 Å². The normalized spacial score (nSPS) is 9.82. The molecule has 0 atom stereocenters. The van der Waals surface area contributed by atoms with Gasteiger partial charge in [0.05, 0.1) is 23.0 Å². The molecule has 2 aromatic rings. The molecular formula is C11H9N5O. The van der Waals surface area contributed by atoms with E-state index >= 15 is 0 Å². The molecule has 0 aliphatic rings. The van der Waals surface area contributed by atoms with Gasteiger partial charge in [0.25, 0.3) is 5.91 Å². The van der Waals surface area contributed by atoms with Crippen LogP contribution in [-0.4, -0.2) is 15.7 Å². The van der Waals surface area contributed by atoms with E-state index in [1.165, 1.54) is 17.1 Å². The number of primary amides is 1. The Morgan fingerprint density at radius 3 is 2.82 bits per heavy atom. The molecule has 0 aliphatic carbocycles. The number of hydrogen-bond acceptors (Lipinski definition) is 4. The maximum atomic E-state index is 10.9. The lowest BCUT2D eigenvalue weighted by Gasteiger charge is -2.04. The molecule has 0 fully saturated rings. The van der Waals surface area contributed by atoms with Crippen molar-refractivity contribution in [2.45, 2.75) is 0 Å². The largest absolute Gasteiger partial charge is 0.399 e. The summed E-state index contributed by atoms with van der Waals surface area (Å²) in [4.78, 5) is 10.9. The van der Waals surface area contributed by atoms with Crippen LogP contribution in [-0.2, 0) is 0 Å². The van der Waals surface area contributed by atoms with Gasteiger partial charge in [0.2, 0.25) is 0 Å². The Hall–Kier alpha value is -2.81. The summed E-state index contributed by atoms with van der Waals surface area (Å²) in [5.74, 6) is -0.565. The van der Waals surface area contributed by atoms with Gasteiger partial charge < -0.3 is 11.5 Å². The molecule has 0 unspecified atom stereocenters. The van der Waals surface area contributed by atoms with Gasteiger partial charge in [-0.15, -0.1) is 0 Å². The van der Waals surface area contributed by atoms with Crippen LogP contribution in [0, 0.1) is 11.3 Å². The minimum absolute atomic E-state index is 0.283. The zero-order valence-corrected chi connectivity index (χ0v) is 8.79. The van der Waals surface area contributed by atoms with Gasteiger partial charge >= 0.3 is 0 Å². The fraction of sp³-hybridized carbons (Fsp3) is 0. The van der Waals surface area contributed by atoms with Crippen molar-refractivity contribution in [2.24, 2.45) is 5.73 Å². The molecule has 2 rings (SSSR count). The van der Waals surface area contributed by atoms with Crippen LogP contribution >= 0.6 is 0 Å². The highest BCUT2D eigenvalue weighted by Crippen LogP contribution is 2.17. The number of hydrogen-bond donors (Lipinski definition) is 2. The number of nitrogens with two attached hydrogens (primary N) is 2. The first kappa shape index (κ1) is 10.7. The number of anilines is 1. The van der Waals surface area contributed by atoms with E-state index in [0.29, 0.717) is 16.9 Å². The van der Waals surface area contributed by atoms with E-state index in [2.05, 4.69) is 5.10 Å². The molecular weight excluding hydrogens is 218 g/mol. The van der Waals surface area contributed by atoms with Crippen molar-refractivity contribution in [3.05, 3.63) is 41.7 Å². The molecule has 0 saturated carbocycles. The summed E-state index contributed by atoms with van der Waals surface area (Å²) in [5, 5.41) is 13.0. The van der Waals surface area contributed by atoms with Gasteiger partial charge in [-0.25, -0.2) is 4.68 Å². The van der Waals surface area contributed by atoms with E-state index in [1.54, 1.807) is 18.2 Å². The van der Waals surface area contributed by atoms with Crippen molar-refractivity contribution >= 4 is 11.6 Å².